The minimum absolute atomic E-state index is 0.0940. The SMILES string of the molecule is COCCOCC(=O)N1CCCC(C)(C)C1C(=O)O. The molecule has 0 bridgehead atoms. The Hall–Kier alpha value is -1.14. The maximum absolute atomic E-state index is 12.1. The number of piperidine rings is 1. The van der Waals surface area contributed by atoms with Crippen LogP contribution in [0.4, 0.5) is 0 Å². The van der Waals surface area contributed by atoms with Crippen LogP contribution in [0.5, 0.6) is 0 Å². The van der Waals surface area contributed by atoms with E-state index >= 15 is 0 Å². The van der Waals surface area contributed by atoms with Crippen LogP contribution in [0.3, 0.4) is 0 Å². The van der Waals surface area contributed by atoms with Gasteiger partial charge in [-0.3, -0.25) is 4.79 Å². The Kier molecular flexibility index (Phi) is 5.75. The summed E-state index contributed by atoms with van der Waals surface area (Å²) in [6.07, 6.45) is 1.62. The lowest BCUT2D eigenvalue weighted by Crippen LogP contribution is -2.57. The monoisotopic (exact) mass is 273 g/mol. The van der Waals surface area contributed by atoms with E-state index in [0.29, 0.717) is 19.8 Å². The van der Waals surface area contributed by atoms with Gasteiger partial charge in [0.05, 0.1) is 13.2 Å². The van der Waals surface area contributed by atoms with Crippen LogP contribution in [-0.2, 0) is 19.1 Å². The molecular weight excluding hydrogens is 250 g/mol. The van der Waals surface area contributed by atoms with Crippen molar-refractivity contribution in [1.29, 1.82) is 0 Å². The Balaban J connectivity index is 2.62. The van der Waals surface area contributed by atoms with Gasteiger partial charge in [-0.15, -0.1) is 0 Å². The van der Waals surface area contributed by atoms with Crippen molar-refractivity contribution in [3.05, 3.63) is 0 Å². The summed E-state index contributed by atoms with van der Waals surface area (Å²) in [7, 11) is 1.55. The average molecular weight is 273 g/mol. The van der Waals surface area contributed by atoms with Crippen LogP contribution in [0.15, 0.2) is 0 Å². The van der Waals surface area contributed by atoms with Gasteiger partial charge in [0, 0.05) is 13.7 Å². The number of methoxy groups -OCH3 is 1. The van der Waals surface area contributed by atoms with E-state index in [-0.39, 0.29) is 12.5 Å². The molecule has 0 aromatic carbocycles. The molecule has 0 aromatic rings. The number of carboxylic acid groups (broad SMARTS) is 1. The number of amides is 1. The van der Waals surface area contributed by atoms with Crippen molar-refractivity contribution < 1.29 is 24.2 Å². The summed E-state index contributed by atoms with van der Waals surface area (Å²) in [5.74, 6) is -1.22. The van der Waals surface area contributed by atoms with Gasteiger partial charge in [0.1, 0.15) is 12.6 Å². The van der Waals surface area contributed by atoms with E-state index in [9.17, 15) is 14.7 Å². The number of carboxylic acids is 1. The van der Waals surface area contributed by atoms with E-state index in [0.717, 1.165) is 12.8 Å². The van der Waals surface area contributed by atoms with Gasteiger partial charge in [-0.05, 0) is 18.3 Å². The molecule has 1 aliphatic rings. The molecule has 1 saturated heterocycles. The Morgan fingerprint density at radius 3 is 2.63 bits per heavy atom. The fourth-order valence-electron chi connectivity index (χ4n) is 2.51. The Labute approximate surface area is 113 Å². The predicted octanol–water partition coefficient (Wildman–Crippen LogP) is 0.751. The zero-order chi connectivity index (χ0) is 14.5. The smallest absolute Gasteiger partial charge is 0.326 e. The summed E-state index contributed by atoms with van der Waals surface area (Å²) in [4.78, 5) is 24.9. The van der Waals surface area contributed by atoms with Crippen LogP contribution in [0.1, 0.15) is 26.7 Å². The number of rotatable bonds is 6. The van der Waals surface area contributed by atoms with Gasteiger partial charge in [-0.1, -0.05) is 13.8 Å². The highest BCUT2D eigenvalue weighted by Crippen LogP contribution is 2.35. The van der Waals surface area contributed by atoms with Gasteiger partial charge in [0.15, 0.2) is 0 Å². The van der Waals surface area contributed by atoms with E-state index in [1.54, 1.807) is 7.11 Å². The lowest BCUT2D eigenvalue weighted by molar-refractivity contribution is -0.161. The Morgan fingerprint density at radius 1 is 1.37 bits per heavy atom. The maximum atomic E-state index is 12.1. The fourth-order valence-corrected chi connectivity index (χ4v) is 2.51. The summed E-state index contributed by atoms with van der Waals surface area (Å²) in [6, 6.07) is -0.778. The van der Waals surface area contributed by atoms with Crippen LogP contribution in [0.25, 0.3) is 0 Å². The first-order valence-electron chi connectivity index (χ1n) is 6.49. The largest absolute Gasteiger partial charge is 0.480 e. The first kappa shape index (κ1) is 15.9. The molecule has 0 saturated carbocycles. The highest BCUT2D eigenvalue weighted by molar-refractivity contribution is 5.85. The van der Waals surface area contributed by atoms with Crippen molar-refractivity contribution in [3.63, 3.8) is 0 Å². The highest BCUT2D eigenvalue weighted by Gasteiger charge is 2.44. The number of hydrogen-bond donors (Lipinski definition) is 1. The first-order valence-corrected chi connectivity index (χ1v) is 6.49. The number of nitrogens with zero attached hydrogens (tertiary/aromatic N) is 1. The van der Waals surface area contributed by atoms with Crippen LogP contribution < -0.4 is 0 Å². The van der Waals surface area contributed by atoms with Crippen LogP contribution in [-0.4, -0.2) is 61.4 Å². The number of carbonyl (C=O) groups excluding carboxylic acids is 1. The molecule has 1 heterocycles. The van der Waals surface area contributed by atoms with Crippen LogP contribution in [0.2, 0.25) is 0 Å². The summed E-state index contributed by atoms with van der Waals surface area (Å²) >= 11 is 0. The fraction of sp³-hybridized carbons (Fsp3) is 0.846. The molecule has 0 aliphatic carbocycles. The zero-order valence-electron chi connectivity index (χ0n) is 11.8. The third-order valence-electron chi connectivity index (χ3n) is 3.48. The minimum atomic E-state index is -0.949. The maximum Gasteiger partial charge on any atom is 0.326 e. The van der Waals surface area contributed by atoms with Crippen LogP contribution >= 0.6 is 0 Å². The van der Waals surface area contributed by atoms with Crippen molar-refractivity contribution in [2.45, 2.75) is 32.7 Å². The minimum Gasteiger partial charge on any atom is -0.480 e. The number of carbonyl (C=O) groups is 2. The van der Waals surface area contributed by atoms with Gasteiger partial charge in [0.25, 0.3) is 0 Å². The Morgan fingerprint density at radius 2 is 2.05 bits per heavy atom. The van der Waals surface area contributed by atoms with Crippen LogP contribution in [0, 0.1) is 5.41 Å². The summed E-state index contributed by atoms with van der Waals surface area (Å²) in [5, 5.41) is 9.35. The zero-order valence-corrected chi connectivity index (χ0v) is 11.8. The molecule has 6 nitrogen and oxygen atoms in total. The molecule has 1 N–H and O–H groups in total. The molecule has 19 heavy (non-hydrogen) atoms. The normalized spacial score (nSPS) is 22.3. The van der Waals surface area contributed by atoms with Gasteiger partial charge in [-0.2, -0.15) is 0 Å². The molecule has 1 aliphatic heterocycles. The number of likely N-dealkylation sites (tertiary alicyclic amines) is 1. The topological polar surface area (TPSA) is 76.1 Å². The number of hydrogen-bond acceptors (Lipinski definition) is 4. The van der Waals surface area contributed by atoms with E-state index < -0.39 is 17.4 Å². The second-order valence-electron chi connectivity index (χ2n) is 5.47. The molecule has 0 aromatic heterocycles. The number of aliphatic carboxylic acids is 1. The third kappa shape index (κ3) is 4.18. The Bertz CT molecular complexity index is 329. The molecule has 0 radical (unpaired) electrons. The molecule has 1 amide bonds. The summed E-state index contributed by atoms with van der Waals surface area (Å²) < 4.78 is 9.99. The molecule has 1 unspecified atom stereocenters. The van der Waals surface area contributed by atoms with Gasteiger partial charge in [0.2, 0.25) is 5.91 Å². The molecule has 110 valence electrons. The van der Waals surface area contributed by atoms with Gasteiger partial charge >= 0.3 is 5.97 Å². The molecule has 1 fully saturated rings. The second kappa shape index (κ2) is 6.86. The average Bonchev–Trinajstić information content (AvgIpc) is 2.32. The quantitative estimate of drug-likeness (QED) is 0.723. The molecule has 6 heteroatoms. The standard InChI is InChI=1S/C13H23NO5/c1-13(2)5-4-6-14(11(13)12(16)17)10(15)9-19-8-7-18-3/h11H,4-9H2,1-3H3,(H,16,17). The van der Waals surface area contributed by atoms with Gasteiger partial charge in [-0.25, -0.2) is 4.79 Å². The van der Waals surface area contributed by atoms with Crippen molar-refractivity contribution in [1.82, 2.24) is 4.90 Å². The second-order valence-corrected chi connectivity index (χ2v) is 5.47. The molecule has 1 atom stereocenters. The van der Waals surface area contributed by atoms with E-state index in [1.165, 1.54) is 4.90 Å². The highest BCUT2D eigenvalue weighted by atomic mass is 16.5. The summed E-state index contributed by atoms with van der Waals surface area (Å²) in [5.41, 5.74) is -0.410. The lowest BCUT2D eigenvalue weighted by atomic mass is 9.76. The van der Waals surface area contributed by atoms with Crippen molar-refractivity contribution in [2.24, 2.45) is 5.41 Å². The first-order chi connectivity index (χ1) is 8.90. The van der Waals surface area contributed by atoms with Crippen molar-refractivity contribution in [2.75, 3.05) is 33.5 Å². The molecule has 0 spiro atoms. The van der Waals surface area contributed by atoms with Crippen molar-refractivity contribution >= 4 is 11.9 Å². The van der Waals surface area contributed by atoms with Gasteiger partial charge < -0.3 is 19.5 Å². The van der Waals surface area contributed by atoms with Crippen molar-refractivity contribution in [3.8, 4) is 0 Å². The van der Waals surface area contributed by atoms with E-state index in [4.69, 9.17) is 9.47 Å². The molecule has 1 rings (SSSR count). The number of ether oxygens (including phenoxy) is 2. The predicted molar refractivity (Wildman–Crippen MR) is 68.8 cm³/mol. The summed E-state index contributed by atoms with van der Waals surface area (Å²) in [6.45, 7) is 4.91. The third-order valence-corrected chi connectivity index (χ3v) is 3.48. The van der Waals surface area contributed by atoms with E-state index in [1.807, 2.05) is 13.8 Å². The van der Waals surface area contributed by atoms with E-state index in [2.05, 4.69) is 0 Å². The lowest BCUT2D eigenvalue weighted by Gasteiger charge is -2.43. The molecular formula is C13H23NO5.